The Balaban J connectivity index is 0.000000135. The summed E-state index contributed by atoms with van der Waals surface area (Å²) >= 11 is 4.96. The van der Waals surface area contributed by atoms with E-state index < -0.39 is 0 Å². The number of aromatic nitrogens is 9. The SMILES string of the molecule is CC(=NCc1nc2ccc(C#N)cc2s1)c1ccccn1.CC(=NCc1nc2ccccc2n1CCN1CCOCC1)c1ccccn1.CC(=NCc1nc2ccccc2s1)c1cccc(CN(C)C)n1.CC(=NCc1nc2ccccc2s1)c1cccc(CN)n1. The summed E-state index contributed by atoms with van der Waals surface area (Å²) < 4.78 is 11.2. The molecule has 0 aliphatic carbocycles. The van der Waals surface area contributed by atoms with E-state index >= 15 is 0 Å². The molecule has 0 unspecified atom stereocenters. The number of nitrogens with two attached hydrogens (primary N) is 1. The number of aliphatic imine (C=N–C) groups is 4. The number of rotatable bonds is 18. The first kappa shape index (κ1) is 65.6. The fourth-order valence-corrected chi connectivity index (χ4v) is 12.5. The van der Waals surface area contributed by atoms with Crippen LogP contribution < -0.4 is 5.73 Å². The molecular weight excluding hydrogens is 1200 g/mol. The lowest BCUT2D eigenvalue weighted by Gasteiger charge is -2.26. The number of fused-ring (bicyclic) bond motifs is 4. The second-order valence-electron chi connectivity index (χ2n) is 21.7. The molecular formula is C71H73N17OS3. The van der Waals surface area contributed by atoms with Gasteiger partial charge in [-0.2, -0.15) is 5.26 Å². The molecule has 13 rings (SSSR count). The third-order valence-electron chi connectivity index (χ3n) is 14.6. The summed E-state index contributed by atoms with van der Waals surface area (Å²) in [6, 6.07) is 55.9. The van der Waals surface area contributed by atoms with E-state index in [1.165, 1.54) is 14.9 Å². The van der Waals surface area contributed by atoms with Crippen LogP contribution in [0.1, 0.15) is 88.3 Å². The van der Waals surface area contributed by atoms with E-state index in [1.807, 2.05) is 169 Å². The van der Waals surface area contributed by atoms with E-state index in [0.29, 0.717) is 38.3 Å². The highest BCUT2D eigenvalue weighted by Gasteiger charge is 2.15. The number of nitriles is 1. The topological polar surface area (TPSA) is 223 Å². The molecule has 0 radical (unpaired) electrons. The molecule has 1 fully saturated rings. The van der Waals surface area contributed by atoms with E-state index in [1.54, 1.807) is 52.5 Å². The molecule has 0 saturated carbocycles. The second-order valence-corrected chi connectivity index (χ2v) is 25.0. The van der Waals surface area contributed by atoms with Crippen LogP contribution in [0.4, 0.5) is 0 Å². The average molecular weight is 1280 g/mol. The number of ether oxygens (including phenoxy) is 1. The maximum Gasteiger partial charge on any atom is 0.131 e. The fraction of sp³-hybridized carbons (Fsp3) is 0.254. The molecule has 0 atom stereocenters. The molecule has 0 amide bonds. The van der Waals surface area contributed by atoms with E-state index in [-0.39, 0.29) is 0 Å². The zero-order chi connectivity index (χ0) is 64.0. The smallest absolute Gasteiger partial charge is 0.131 e. The maximum absolute atomic E-state index is 8.91. The molecule has 18 nitrogen and oxygen atoms in total. The van der Waals surface area contributed by atoms with Gasteiger partial charge in [-0.1, -0.05) is 60.7 Å². The van der Waals surface area contributed by atoms with E-state index in [9.17, 15) is 0 Å². The van der Waals surface area contributed by atoms with Crippen molar-refractivity contribution in [1.29, 1.82) is 5.26 Å². The van der Waals surface area contributed by atoms with Crippen LogP contribution in [-0.4, -0.2) is 124 Å². The monoisotopic (exact) mass is 1280 g/mol. The maximum atomic E-state index is 8.91. The molecule has 2 N–H and O–H groups in total. The van der Waals surface area contributed by atoms with Crippen molar-refractivity contribution in [2.75, 3.05) is 46.9 Å². The van der Waals surface area contributed by atoms with Crippen molar-refractivity contribution in [3.8, 4) is 6.07 Å². The lowest BCUT2D eigenvalue weighted by molar-refractivity contribution is 0.0364. The van der Waals surface area contributed by atoms with Crippen molar-refractivity contribution in [3.05, 3.63) is 237 Å². The minimum atomic E-state index is 0.443. The van der Waals surface area contributed by atoms with Crippen LogP contribution in [0.15, 0.2) is 196 Å². The molecule has 9 heterocycles. The summed E-state index contributed by atoms with van der Waals surface area (Å²) in [6.07, 6.45) is 3.56. The van der Waals surface area contributed by atoms with Crippen LogP contribution in [-0.2, 0) is 50.6 Å². The molecule has 0 spiro atoms. The van der Waals surface area contributed by atoms with Gasteiger partial charge in [-0.05, 0) is 145 Å². The van der Waals surface area contributed by atoms with Gasteiger partial charge in [0.2, 0.25) is 0 Å². The van der Waals surface area contributed by atoms with Crippen LogP contribution in [0, 0.1) is 11.3 Å². The zero-order valence-electron chi connectivity index (χ0n) is 52.6. The van der Waals surface area contributed by atoms with E-state index in [4.69, 9.17) is 25.7 Å². The van der Waals surface area contributed by atoms with Gasteiger partial charge in [0.15, 0.2) is 0 Å². The third kappa shape index (κ3) is 18.6. The third-order valence-corrected chi connectivity index (χ3v) is 17.7. The zero-order valence-corrected chi connectivity index (χ0v) is 55.0. The largest absolute Gasteiger partial charge is 0.379 e. The molecule has 21 heteroatoms. The van der Waals surface area contributed by atoms with Gasteiger partial charge in [0.25, 0.3) is 0 Å². The van der Waals surface area contributed by atoms with Crippen molar-refractivity contribution in [1.82, 2.24) is 54.2 Å². The van der Waals surface area contributed by atoms with E-state index in [0.717, 1.165) is 151 Å². The van der Waals surface area contributed by atoms with Gasteiger partial charge >= 0.3 is 0 Å². The number of morpholine rings is 1. The van der Waals surface area contributed by atoms with Crippen molar-refractivity contribution in [2.24, 2.45) is 25.7 Å². The van der Waals surface area contributed by atoms with Crippen molar-refractivity contribution in [3.63, 3.8) is 0 Å². The molecule has 1 saturated heterocycles. The average Bonchev–Trinajstić information content (AvgIpc) is 1.76. The predicted octanol–water partition coefficient (Wildman–Crippen LogP) is 13.3. The highest BCUT2D eigenvalue weighted by Crippen LogP contribution is 2.26. The minimum Gasteiger partial charge on any atom is -0.379 e. The molecule has 1 aliphatic rings. The lowest BCUT2D eigenvalue weighted by Crippen LogP contribution is -2.38. The number of imidazole rings is 1. The highest BCUT2D eigenvalue weighted by molar-refractivity contribution is 7.19. The van der Waals surface area contributed by atoms with Gasteiger partial charge < -0.3 is 19.9 Å². The second kappa shape index (κ2) is 33.1. The first-order valence-electron chi connectivity index (χ1n) is 30.3. The van der Waals surface area contributed by atoms with Crippen LogP contribution in [0.5, 0.6) is 0 Å². The van der Waals surface area contributed by atoms with E-state index in [2.05, 4.69) is 101 Å². The van der Waals surface area contributed by atoms with Crippen LogP contribution in [0.2, 0.25) is 0 Å². The number of para-hydroxylation sites is 4. The van der Waals surface area contributed by atoms with Gasteiger partial charge in [-0.25, -0.2) is 19.9 Å². The van der Waals surface area contributed by atoms with Gasteiger partial charge in [0.1, 0.15) is 20.8 Å². The summed E-state index contributed by atoms with van der Waals surface area (Å²) in [7, 11) is 4.09. The Labute approximate surface area is 548 Å². The van der Waals surface area contributed by atoms with Crippen molar-refractivity contribution in [2.45, 2.75) is 73.5 Å². The fourth-order valence-electron chi connectivity index (χ4n) is 9.76. The number of pyridine rings is 4. The van der Waals surface area contributed by atoms with Crippen LogP contribution in [0.25, 0.3) is 41.7 Å². The van der Waals surface area contributed by atoms with Crippen LogP contribution in [0.3, 0.4) is 0 Å². The number of nitrogens with zero attached hydrogens (tertiary/aromatic N) is 16. The molecule has 4 aromatic carbocycles. The summed E-state index contributed by atoms with van der Waals surface area (Å²) in [5.41, 5.74) is 20.7. The summed E-state index contributed by atoms with van der Waals surface area (Å²) in [4.78, 5) is 59.5. The van der Waals surface area contributed by atoms with Gasteiger partial charge in [0, 0.05) is 51.7 Å². The number of hydrogen-bond acceptors (Lipinski definition) is 20. The summed E-state index contributed by atoms with van der Waals surface area (Å²) in [5.74, 6) is 1.000. The lowest BCUT2D eigenvalue weighted by atomic mass is 10.2. The summed E-state index contributed by atoms with van der Waals surface area (Å²) in [5, 5.41) is 11.9. The molecule has 92 heavy (non-hydrogen) atoms. The van der Waals surface area contributed by atoms with Gasteiger partial charge in [-0.15, -0.1) is 34.0 Å². The minimum absolute atomic E-state index is 0.443. The Hall–Kier alpha value is -9.37. The number of benzene rings is 4. The first-order chi connectivity index (χ1) is 44.9. The van der Waals surface area contributed by atoms with Crippen molar-refractivity contribution >= 4 is 98.5 Å². The Morgan fingerprint density at radius 2 is 0.989 bits per heavy atom. The Morgan fingerprint density at radius 3 is 1.52 bits per heavy atom. The predicted molar refractivity (Wildman–Crippen MR) is 376 cm³/mol. The first-order valence-corrected chi connectivity index (χ1v) is 32.8. The highest BCUT2D eigenvalue weighted by atomic mass is 32.1. The quantitative estimate of drug-likeness (QED) is 0.0790. The molecule has 466 valence electrons. The summed E-state index contributed by atoms with van der Waals surface area (Å²) in [6.45, 7) is 17.0. The number of hydrogen-bond donors (Lipinski definition) is 1. The normalized spacial score (nSPS) is 13.2. The molecule has 12 aromatic rings. The molecule has 0 bridgehead atoms. The molecule has 8 aromatic heterocycles. The standard InChI is InChI=1S/C21H25N5O.C18H20N4S.C16H16N4S.C16H12N4S/c1-17(18-6-4-5-9-22-18)23-16-21-24-19-7-2-3-8-20(19)26(21)11-10-25-12-14-27-15-13-25;1-13(15-9-6-7-14(20-15)12-22(2)3)19-11-18-21-16-8-4-5-10-17(16)23-18;1-11(13-7-4-5-12(9-17)19-13)18-10-16-20-14-6-2-3-8-15(14)21-16;1-11(13-4-2-3-7-18-13)19-10-16-20-14-6-5-12(9-17)8-15(14)21-16/h2-9H,10-16H2,1H3;4-10H,11-12H2,1-3H3;2-8H,9-10,17H2,1H3;2-8H,10H2,1H3. The van der Waals surface area contributed by atoms with Crippen LogP contribution >= 0.6 is 34.0 Å². The Bertz CT molecular complexity index is 4470. The Kier molecular flexibility index (Phi) is 23.6. The van der Waals surface area contributed by atoms with Gasteiger partial charge in [0.05, 0.1) is 150 Å². The van der Waals surface area contributed by atoms with Gasteiger partial charge in [-0.3, -0.25) is 44.8 Å². The number of thiazole rings is 3. The molecule has 1 aliphatic heterocycles. The Morgan fingerprint density at radius 1 is 0.511 bits per heavy atom. The van der Waals surface area contributed by atoms with Crippen molar-refractivity contribution < 1.29 is 4.74 Å².